The van der Waals surface area contributed by atoms with Gasteiger partial charge >= 0.3 is 5.97 Å². The second kappa shape index (κ2) is 6.39. The first kappa shape index (κ1) is 17.3. The minimum atomic E-state index is -0.838. The number of likely N-dealkylation sites (tertiary alicyclic amines) is 1. The molecule has 2 aromatic rings. The topological polar surface area (TPSA) is 66.8 Å². The van der Waals surface area contributed by atoms with Crippen LogP contribution in [0, 0.1) is 5.41 Å². The van der Waals surface area contributed by atoms with E-state index in [1.807, 2.05) is 43.3 Å². The third kappa shape index (κ3) is 3.18. The van der Waals surface area contributed by atoms with Crippen molar-refractivity contribution in [1.29, 1.82) is 0 Å². The van der Waals surface area contributed by atoms with Gasteiger partial charge in [-0.1, -0.05) is 24.3 Å². The van der Waals surface area contributed by atoms with E-state index in [9.17, 15) is 14.7 Å². The van der Waals surface area contributed by atoms with Crippen molar-refractivity contribution >= 4 is 22.6 Å². The summed E-state index contributed by atoms with van der Waals surface area (Å²) in [6.45, 7) is 4.35. The predicted octanol–water partition coefficient (Wildman–Crippen LogP) is 3.28. The molecule has 25 heavy (non-hydrogen) atoms. The summed E-state index contributed by atoms with van der Waals surface area (Å²) in [6.07, 6.45) is 0.498. The van der Waals surface area contributed by atoms with E-state index in [0.717, 1.165) is 22.1 Å². The first-order valence-corrected chi connectivity index (χ1v) is 8.44. The maximum Gasteiger partial charge on any atom is 0.311 e. The largest absolute Gasteiger partial charge is 0.497 e. The lowest BCUT2D eigenvalue weighted by atomic mass is 9.90. The Morgan fingerprint density at radius 1 is 1.20 bits per heavy atom. The molecule has 0 aromatic heterocycles. The quantitative estimate of drug-likeness (QED) is 0.927. The van der Waals surface area contributed by atoms with Gasteiger partial charge in [0, 0.05) is 13.1 Å². The van der Waals surface area contributed by atoms with E-state index in [-0.39, 0.29) is 18.4 Å². The van der Waals surface area contributed by atoms with E-state index in [1.54, 1.807) is 18.9 Å². The van der Waals surface area contributed by atoms with Crippen LogP contribution in [0.4, 0.5) is 0 Å². The monoisotopic (exact) mass is 341 g/mol. The van der Waals surface area contributed by atoms with Crippen molar-refractivity contribution in [1.82, 2.24) is 4.90 Å². The predicted molar refractivity (Wildman–Crippen MR) is 95.9 cm³/mol. The van der Waals surface area contributed by atoms with Crippen LogP contribution in [0.25, 0.3) is 10.8 Å². The molecule has 1 saturated heterocycles. The normalized spacial score (nSPS) is 21.3. The molecule has 132 valence electrons. The van der Waals surface area contributed by atoms with Gasteiger partial charge in [-0.15, -0.1) is 0 Å². The molecule has 3 rings (SSSR count). The number of carboxylic acids is 1. The van der Waals surface area contributed by atoms with Gasteiger partial charge in [0.2, 0.25) is 5.91 Å². The van der Waals surface area contributed by atoms with Crippen LogP contribution in [-0.4, -0.2) is 42.1 Å². The van der Waals surface area contributed by atoms with Crippen LogP contribution < -0.4 is 4.74 Å². The van der Waals surface area contributed by atoms with Crippen molar-refractivity contribution in [2.24, 2.45) is 5.41 Å². The highest BCUT2D eigenvalue weighted by atomic mass is 16.5. The van der Waals surface area contributed by atoms with Gasteiger partial charge in [-0.05, 0) is 48.7 Å². The van der Waals surface area contributed by atoms with Gasteiger partial charge in [-0.2, -0.15) is 0 Å². The molecular formula is C20H23NO4. The molecule has 0 bridgehead atoms. The van der Waals surface area contributed by atoms with Crippen LogP contribution in [-0.2, 0) is 9.59 Å². The molecule has 1 unspecified atom stereocenters. The fourth-order valence-electron chi connectivity index (χ4n) is 3.38. The van der Waals surface area contributed by atoms with E-state index in [2.05, 4.69) is 0 Å². The van der Waals surface area contributed by atoms with Crippen molar-refractivity contribution in [3.05, 3.63) is 42.0 Å². The summed E-state index contributed by atoms with van der Waals surface area (Å²) < 4.78 is 5.24. The molecule has 5 heteroatoms. The second-order valence-corrected chi connectivity index (χ2v) is 7.07. The van der Waals surface area contributed by atoms with Crippen molar-refractivity contribution in [2.45, 2.75) is 26.2 Å². The number of methoxy groups -OCH3 is 1. The number of carboxylic acid groups (broad SMARTS) is 1. The number of hydrogen-bond donors (Lipinski definition) is 1. The van der Waals surface area contributed by atoms with E-state index in [1.165, 1.54) is 0 Å². The van der Waals surface area contributed by atoms with Crippen molar-refractivity contribution in [3.63, 3.8) is 0 Å². The Morgan fingerprint density at radius 2 is 1.88 bits per heavy atom. The maximum atomic E-state index is 12.8. The smallest absolute Gasteiger partial charge is 0.311 e. The maximum absolute atomic E-state index is 12.8. The van der Waals surface area contributed by atoms with Crippen LogP contribution >= 0.6 is 0 Å². The van der Waals surface area contributed by atoms with E-state index in [0.29, 0.717) is 13.0 Å². The first-order chi connectivity index (χ1) is 11.8. The van der Waals surface area contributed by atoms with E-state index in [4.69, 9.17) is 4.74 Å². The zero-order valence-electron chi connectivity index (χ0n) is 14.8. The minimum Gasteiger partial charge on any atom is -0.497 e. The van der Waals surface area contributed by atoms with Gasteiger partial charge < -0.3 is 14.7 Å². The lowest BCUT2D eigenvalue weighted by Crippen LogP contribution is -2.36. The first-order valence-electron chi connectivity index (χ1n) is 8.44. The molecule has 5 nitrogen and oxygen atoms in total. The number of aliphatic carboxylic acids is 1. The van der Waals surface area contributed by atoms with Gasteiger partial charge in [0.1, 0.15) is 5.75 Å². The molecule has 0 spiro atoms. The zero-order chi connectivity index (χ0) is 18.2. The Labute approximate surface area is 147 Å². The number of nitrogens with zero attached hydrogens (tertiary/aromatic N) is 1. The number of rotatable bonds is 4. The Balaban J connectivity index is 1.81. The molecule has 1 aliphatic rings. The summed E-state index contributed by atoms with van der Waals surface area (Å²) in [7, 11) is 1.64. The molecule has 1 aliphatic heterocycles. The fourth-order valence-corrected chi connectivity index (χ4v) is 3.38. The van der Waals surface area contributed by atoms with Crippen LogP contribution in [0.3, 0.4) is 0 Å². The highest BCUT2D eigenvalue weighted by molar-refractivity contribution is 5.89. The van der Waals surface area contributed by atoms with Gasteiger partial charge in [0.05, 0.1) is 18.4 Å². The van der Waals surface area contributed by atoms with Crippen LogP contribution in [0.15, 0.2) is 36.4 Å². The average Bonchev–Trinajstić information content (AvgIpc) is 3.03. The van der Waals surface area contributed by atoms with Crippen LogP contribution in [0.5, 0.6) is 5.75 Å². The number of benzene rings is 2. The summed E-state index contributed by atoms with van der Waals surface area (Å²) in [4.78, 5) is 25.9. The summed E-state index contributed by atoms with van der Waals surface area (Å²) in [5.41, 5.74) is 0.0987. The van der Waals surface area contributed by atoms with Gasteiger partial charge in [-0.25, -0.2) is 0 Å². The Hall–Kier alpha value is -2.56. The number of fused-ring (bicyclic) bond motifs is 1. The summed E-state index contributed by atoms with van der Waals surface area (Å²) in [5, 5.41) is 11.4. The van der Waals surface area contributed by atoms with Gasteiger partial charge in [0.25, 0.3) is 0 Å². The third-order valence-electron chi connectivity index (χ3n) is 5.24. The van der Waals surface area contributed by atoms with Gasteiger partial charge in [-0.3, -0.25) is 9.59 Å². The molecule has 1 fully saturated rings. The zero-order valence-corrected chi connectivity index (χ0v) is 14.8. The third-order valence-corrected chi connectivity index (χ3v) is 5.24. The number of amides is 1. The van der Waals surface area contributed by atoms with E-state index < -0.39 is 11.4 Å². The number of ether oxygens (including phenoxy) is 1. The van der Waals surface area contributed by atoms with E-state index >= 15 is 0 Å². The molecule has 1 N–H and O–H groups in total. The molecule has 2 aromatic carbocycles. The number of carbonyl (C=O) groups is 2. The molecule has 1 heterocycles. The Bertz CT molecular complexity index is 832. The molecule has 1 amide bonds. The SMILES string of the molecule is COc1ccc2cc([C@H](C)C(=O)N3CCC(C)(C(=O)O)C3)ccc2c1. The van der Waals surface area contributed by atoms with Crippen molar-refractivity contribution in [2.75, 3.05) is 20.2 Å². The highest BCUT2D eigenvalue weighted by Crippen LogP contribution is 2.33. The lowest BCUT2D eigenvalue weighted by Gasteiger charge is -2.23. The lowest BCUT2D eigenvalue weighted by molar-refractivity contribution is -0.147. The standard InChI is InChI=1S/C20H23NO4/c1-13(18(22)21-9-8-20(2,12-21)19(23)24)14-4-5-16-11-17(25-3)7-6-15(16)10-14/h4-7,10-11,13H,8-9,12H2,1-3H3,(H,23,24)/t13-,20?/m0/s1. The highest BCUT2D eigenvalue weighted by Gasteiger charge is 2.42. The Morgan fingerprint density at radius 3 is 2.52 bits per heavy atom. The van der Waals surface area contributed by atoms with Crippen LogP contribution in [0.1, 0.15) is 31.7 Å². The van der Waals surface area contributed by atoms with Crippen molar-refractivity contribution in [3.8, 4) is 5.75 Å². The average molecular weight is 341 g/mol. The summed E-state index contributed by atoms with van der Waals surface area (Å²) >= 11 is 0. The minimum absolute atomic E-state index is 0.0159. The molecular weight excluding hydrogens is 318 g/mol. The number of carbonyl (C=O) groups excluding carboxylic acids is 1. The molecule has 0 radical (unpaired) electrons. The Kier molecular flexibility index (Phi) is 4.41. The summed E-state index contributed by atoms with van der Waals surface area (Å²) in [6, 6.07) is 11.8. The summed E-state index contributed by atoms with van der Waals surface area (Å²) in [5.74, 6) is -0.356. The van der Waals surface area contributed by atoms with Crippen molar-refractivity contribution < 1.29 is 19.4 Å². The molecule has 0 aliphatic carbocycles. The number of hydrogen-bond acceptors (Lipinski definition) is 3. The van der Waals surface area contributed by atoms with Gasteiger partial charge in [0.15, 0.2) is 0 Å². The molecule has 2 atom stereocenters. The second-order valence-electron chi connectivity index (χ2n) is 7.07. The van der Waals surface area contributed by atoms with Crippen LogP contribution in [0.2, 0.25) is 0 Å². The fraction of sp³-hybridized carbons (Fsp3) is 0.400. The molecule has 0 saturated carbocycles.